The molecule has 7 heteroatoms. The Kier molecular flexibility index (Phi) is 4.55. The number of esters is 1. The molecular weight excluding hydrogens is 358 g/mol. The van der Waals surface area contributed by atoms with Crippen molar-refractivity contribution in [1.82, 2.24) is 14.5 Å². The smallest absolute Gasteiger partial charge is 0.337 e. The minimum atomic E-state index is -0.409. The normalized spacial score (nSPS) is 10.6. The first-order valence-electron chi connectivity index (χ1n) is 8.46. The van der Waals surface area contributed by atoms with Crippen LogP contribution in [-0.4, -0.2) is 27.6 Å². The van der Waals surface area contributed by atoms with Gasteiger partial charge in [0.2, 0.25) is 5.89 Å². The predicted molar refractivity (Wildman–Crippen MR) is 102 cm³/mol. The van der Waals surface area contributed by atoms with Gasteiger partial charge in [-0.3, -0.25) is 9.36 Å². The summed E-state index contributed by atoms with van der Waals surface area (Å²) < 4.78 is 12.0. The third-order valence-corrected chi connectivity index (χ3v) is 4.15. The van der Waals surface area contributed by atoms with E-state index in [4.69, 9.17) is 9.15 Å². The van der Waals surface area contributed by atoms with Crippen LogP contribution in [0.2, 0.25) is 0 Å². The molecule has 0 aliphatic carbocycles. The molecule has 7 nitrogen and oxygen atoms in total. The van der Waals surface area contributed by atoms with Crippen LogP contribution < -0.4 is 5.56 Å². The van der Waals surface area contributed by atoms with Crippen molar-refractivity contribution in [3.8, 4) is 28.7 Å². The third kappa shape index (κ3) is 3.21. The van der Waals surface area contributed by atoms with E-state index in [1.807, 2.05) is 0 Å². The zero-order valence-electron chi connectivity index (χ0n) is 14.9. The number of benzene rings is 1. The molecule has 4 rings (SSSR count). The van der Waals surface area contributed by atoms with E-state index >= 15 is 0 Å². The Morgan fingerprint density at radius 1 is 1.00 bits per heavy atom. The largest absolute Gasteiger partial charge is 0.465 e. The van der Waals surface area contributed by atoms with E-state index in [-0.39, 0.29) is 11.4 Å². The zero-order chi connectivity index (χ0) is 19.5. The van der Waals surface area contributed by atoms with Gasteiger partial charge >= 0.3 is 5.97 Å². The average molecular weight is 373 g/mol. The van der Waals surface area contributed by atoms with Gasteiger partial charge in [-0.15, -0.1) is 0 Å². The highest BCUT2D eigenvalue weighted by atomic mass is 16.5. The van der Waals surface area contributed by atoms with Crippen molar-refractivity contribution < 1.29 is 13.9 Å². The van der Waals surface area contributed by atoms with Gasteiger partial charge in [0.25, 0.3) is 5.56 Å². The van der Waals surface area contributed by atoms with Gasteiger partial charge in [-0.05, 0) is 30.3 Å². The molecule has 0 atom stereocenters. The Morgan fingerprint density at radius 3 is 2.54 bits per heavy atom. The second-order valence-electron chi connectivity index (χ2n) is 5.87. The van der Waals surface area contributed by atoms with E-state index in [1.165, 1.54) is 17.7 Å². The minimum absolute atomic E-state index is 0.238. The Morgan fingerprint density at radius 2 is 1.82 bits per heavy atom. The molecule has 4 aromatic rings. The van der Waals surface area contributed by atoms with Gasteiger partial charge in [-0.2, -0.15) is 0 Å². The molecule has 0 bridgehead atoms. The Labute approximate surface area is 159 Å². The van der Waals surface area contributed by atoms with Crippen molar-refractivity contribution in [3.63, 3.8) is 0 Å². The molecule has 138 valence electrons. The number of hydrogen-bond donors (Lipinski definition) is 0. The number of aromatic nitrogens is 3. The van der Waals surface area contributed by atoms with Gasteiger partial charge in [0.1, 0.15) is 11.5 Å². The van der Waals surface area contributed by atoms with Crippen molar-refractivity contribution >= 4 is 5.97 Å². The quantitative estimate of drug-likeness (QED) is 0.510. The monoisotopic (exact) mass is 373 g/mol. The third-order valence-electron chi connectivity index (χ3n) is 4.15. The Bertz CT molecular complexity index is 1180. The standard InChI is InChI=1S/C21H15N3O4/c1-27-21(26)15-10-8-14(9-11-15)17-13-23-20(28-17)16-5-4-7-19(25)24(16)18-6-2-3-12-22-18/h2-13H,1H3. The summed E-state index contributed by atoms with van der Waals surface area (Å²) in [5, 5.41) is 0. The molecule has 3 heterocycles. The summed E-state index contributed by atoms with van der Waals surface area (Å²) in [6.45, 7) is 0. The van der Waals surface area contributed by atoms with Crippen molar-refractivity contribution in [2.75, 3.05) is 7.11 Å². The second-order valence-corrected chi connectivity index (χ2v) is 5.87. The number of oxazole rings is 1. The molecule has 0 radical (unpaired) electrons. The number of carbonyl (C=O) groups is 1. The number of nitrogens with zero attached hydrogens (tertiary/aromatic N) is 3. The maximum atomic E-state index is 12.4. The maximum Gasteiger partial charge on any atom is 0.337 e. The molecule has 0 fully saturated rings. The van der Waals surface area contributed by atoms with Crippen LogP contribution in [-0.2, 0) is 4.74 Å². The fourth-order valence-corrected chi connectivity index (χ4v) is 2.79. The predicted octanol–water partition coefficient (Wildman–Crippen LogP) is 3.34. The van der Waals surface area contributed by atoms with Crippen LogP contribution >= 0.6 is 0 Å². The summed E-state index contributed by atoms with van der Waals surface area (Å²) in [5.41, 5.74) is 1.44. The molecule has 0 saturated heterocycles. The number of hydrogen-bond acceptors (Lipinski definition) is 6. The summed E-state index contributed by atoms with van der Waals surface area (Å²) in [6.07, 6.45) is 3.19. The van der Waals surface area contributed by atoms with Crippen molar-refractivity contribution in [3.05, 3.63) is 89.0 Å². The van der Waals surface area contributed by atoms with Gasteiger partial charge in [0.05, 0.1) is 18.9 Å². The van der Waals surface area contributed by atoms with Crippen LogP contribution in [0.15, 0.2) is 82.3 Å². The molecule has 1 aromatic carbocycles. The summed E-state index contributed by atoms with van der Waals surface area (Å²) in [4.78, 5) is 32.6. The van der Waals surface area contributed by atoms with Crippen LogP contribution in [0.1, 0.15) is 10.4 Å². The van der Waals surface area contributed by atoms with Gasteiger partial charge in [-0.25, -0.2) is 14.8 Å². The Hall–Kier alpha value is -4.00. The zero-order valence-corrected chi connectivity index (χ0v) is 14.9. The molecule has 28 heavy (non-hydrogen) atoms. The minimum Gasteiger partial charge on any atom is -0.465 e. The molecule has 0 unspecified atom stereocenters. The lowest BCUT2D eigenvalue weighted by atomic mass is 10.1. The summed E-state index contributed by atoms with van der Waals surface area (Å²) in [7, 11) is 1.33. The Balaban J connectivity index is 1.74. The summed E-state index contributed by atoms with van der Waals surface area (Å²) >= 11 is 0. The lowest BCUT2D eigenvalue weighted by molar-refractivity contribution is 0.0600. The van der Waals surface area contributed by atoms with E-state index in [1.54, 1.807) is 67.0 Å². The first-order valence-corrected chi connectivity index (χ1v) is 8.46. The molecule has 0 N–H and O–H groups in total. The van der Waals surface area contributed by atoms with Crippen LogP contribution in [0.3, 0.4) is 0 Å². The molecule has 0 amide bonds. The molecular formula is C21H15N3O4. The van der Waals surface area contributed by atoms with Crippen molar-refractivity contribution in [2.45, 2.75) is 0 Å². The summed E-state index contributed by atoms with van der Waals surface area (Å²) in [5.74, 6) is 0.865. The number of methoxy groups -OCH3 is 1. The van der Waals surface area contributed by atoms with E-state index in [0.29, 0.717) is 22.8 Å². The van der Waals surface area contributed by atoms with E-state index in [0.717, 1.165) is 5.56 Å². The van der Waals surface area contributed by atoms with Crippen LogP contribution in [0.4, 0.5) is 0 Å². The second kappa shape index (κ2) is 7.32. The van der Waals surface area contributed by atoms with E-state index in [2.05, 4.69) is 9.97 Å². The highest BCUT2D eigenvalue weighted by molar-refractivity contribution is 5.89. The van der Waals surface area contributed by atoms with Gasteiger partial charge in [0.15, 0.2) is 5.76 Å². The van der Waals surface area contributed by atoms with E-state index in [9.17, 15) is 9.59 Å². The van der Waals surface area contributed by atoms with E-state index < -0.39 is 5.97 Å². The van der Waals surface area contributed by atoms with Crippen LogP contribution in [0.5, 0.6) is 0 Å². The molecule has 0 saturated carbocycles. The maximum absolute atomic E-state index is 12.4. The number of ether oxygens (including phenoxy) is 1. The highest BCUT2D eigenvalue weighted by Gasteiger charge is 2.15. The van der Waals surface area contributed by atoms with Crippen LogP contribution in [0.25, 0.3) is 28.7 Å². The molecule has 3 aromatic heterocycles. The SMILES string of the molecule is COC(=O)c1ccc(-c2cnc(-c3cccc(=O)n3-c3ccccn3)o2)cc1. The first-order chi connectivity index (χ1) is 13.7. The highest BCUT2D eigenvalue weighted by Crippen LogP contribution is 2.26. The number of rotatable bonds is 4. The van der Waals surface area contributed by atoms with Crippen LogP contribution in [0, 0.1) is 0 Å². The van der Waals surface area contributed by atoms with Crippen molar-refractivity contribution in [1.29, 1.82) is 0 Å². The molecule has 0 aliphatic heterocycles. The first kappa shape index (κ1) is 17.4. The van der Waals surface area contributed by atoms with Crippen molar-refractivity contribution in [2.24, 2.45) is 0 Å². The van der Waals surface area contributed by atoms with Gasteiger partial charge in [0, 0.05) is 17.8 Å². The van der Waals surface area contributed by atoms with Gasteiger partial charge in [-0.1, -0.05) is 24.3 Å². The number of carbonyl (C=O) groups excluding carboxylic acids is 1. The average Bonchev–Trinajstić information content (AvgIpc) is 3.24. The lowest BCUT2D eigenvalue weighted by Gasteiger charge is -2.08. The fourth-order valence-electron chi connectivity index (χ4n) is 2.79. The van der Waals surface area contributed by atoms with Gasteiger partial charge < -0.3 is 9.15 Å². The lowest BCUT2D eigenvalue weighted by Crippen LogP contribution is -2.19. The molecule has 0 spiro atoms. The summed E-state index contributed by atoms with van der Waals surface area (Å²) in [6, 6.07) is 16.9. The topological polar surface area (TPSA) is 87.2 Å². The fraction of sp³-hybridized carbons (Fsp3) is 0.0476. The molecule has 0 aliphatic rings. The number of pyridine rings is 2.